The first-order chi connectivity index (χ1) is 9.81. The minimum atomic E-state index is -0.0562. The standard InChI is InChI=1S/C16H26N4O/c1-12-7-6-8-13(11-12)14(21)18-9-10-19-15(17-5)20-16(2,3)4/h6-8,11H,9-10H2,1-5H3,(H,18,21)(H2,17,19,20). The summed E-state index contributed by atoms with van der Waals surface area (Å²) >= 11 is 0. The van der Waals surface area contributed by atoms with E-state index < -0.39 is 0 Å². The molecule has 0 radical (unpaired) electrons. The van der Waals surface area contributed by atoms with E-state index in [0.29, 0.717) is 18.7 Å². The number of nitrogens with zero attached hydrogens (tertiary/aromatic N) is 1. The van der Waals surface area contributed by atoms with E-state index in [-0.39, 0.29) is 11.4 Å². The third-order valence-corrected chi connectivity index (χ3v) is 2.70. The maximum Gasteiger partial charge on any atom is 0.251 e. The molecule has 1 aromatic carbocycles. The fraction of sp³-hybridized carbons (Fsp3) is 0.500. The van der Waals surface area contributed by atoms with Gasteiger partial charge in [0, 0.05) is 31.2 Å². The molecule has 0 spiro atoms. The zero-order chi connectivity index (χ0) is 15.9. The van der Waals surface area contributed by atoms with E-state index in [4.69, 9.17) is 0 Å². The molecule has 0 heterocycles. The molecule has 0 bridgehead atoms. The third kappa shape index (κ3) is 6.79. The summed E-state index contributed by atoms with van der Waals surface area (Å²) in [5.41, 5.74) is 1.72. The Bertz CT molecular complexity index is 503. The molecule has 1 aromatic rings. The number of aliphatic imine (C=N–C) groups is 1. The van der Waals surface area contributed by atoms with Crippen LogP contribution in [0.2, 0.25) is 0 Å². The van der Waals surface area contributed by atoms with Crippen LogP contribution in [0.5, 0.6) is 0 Å². The zero-order valence-electron chi connectivity index (χ0n) is 13.6. The SMILES string of the molecule is CN=C(NCCNC(=O)c1cccc(C)c1)NC(C)(C)C. The third-order valence-electron chi connectivity index (χ3n) is 2.70. The summed E-state index contributed by atoms with van der Waals surface area (Å²) < 4.78 is 0. The van der Waals surface area contributed by atoms with Gasteiger partial charge in [-0.1, -0.05) is 17.7 Å². The van der Waals surface area contributed by atoms with E-state index in [0.717, 1.165) is 11.5 Å². The highest BCUT2D eigenvalue weighted by atomic mass is 16.1. The van der Waals surface area contributed by atoms with Crippen molar-refractivity contribution in [1.82, 2.24) is 16.0 Å². The van der Waals surface area contributed by atoms with Gasteiger partial charge in [0.05, 0.1) is 0 Å². The first kappa shape index (κ1) is 17.0. The number of guanidine groups is 1. The predicted molar refractivity (Wildman–Crippen MR) is 87.8 cm³/mol. The number of carbonyl (C=O) groups is 1. The van der Waals surface area contributed by atoms with Crippen LogP contribution in [0.1, 0.15) is 36.7 Å². The summed E-state index contributed by atoms with van der Waals surface area (Å²) in [6, 6.07) is 7.55. The molecule has 0 saturated carbocycles. The van der Waals surface area contributed by atoms with Gasteiger partial charge < -0.3 is 16.0 Å². The Hall–Kier alpha value is -2.04. The van der Waals surface area contributed by atoms with Gasteiger partial charge in [-0.05, 0) is 39.8 Å². The molecule has 5 heteroatoms. The normalized spacial score (nSPS) is 12.0. The number of aryl methyl sites for hydroxylation is 1. The van der Waals surface area contributed by atoms with Crippen molar-refractivity contribution in [3.05, 3.63) is 35.4 Å². The quantitative estimate of drug-likeness (QED) is 0.449. The zero-order valence-corrected chi connectivity index (χ0v) is 13.6. The van der Waals surface area contributed by atoms with Crippen LogP contribution in [0.3, 0.4) is 0 Å². The Morgan fingerprint density at radius 3 is 2.43 bits per heavy atom. The van der Waals surface area contributed by atoms with Crippen molar-refractivity contribution < 1.29 is 4.79 Å². The van der Waals surface area contributed by atoms with Crippen molar-refractivity contribution in [3.8, 4) is 0 Å². The molecule has 3 N–H and O–H groups in total. The van der Waals surface area contributed by atoms with Crippen LogP contribution in [0.25, 0.3) is 0 Å². The summed E-state index contributed by atoms with van der Waals surface area (Å²) in [7, 11) is 1.73. The summed E-state index contributed by atoms with van der Waals surface area (Å²) in [6.45, 7) is 9.34. The Morgan fingerprint density at radius 2 is 1.86 bits per heavy atom. The van der Waals surface area contributed by atoms with Gasteiger partial charge in [-0.2, -0.15) is 0 Å². The highest BCUT2D eigenvalue weighted by Gasteiger charge is 2.11. The molecule has 0 aliphatic heterocycles. The number of nitrogens with one attached hydrogen (secondary N) is 3. The van der Waals surface area contributed by atoms with E-state index in [1.165, 1.54) is 0 Å². The second-order valence-corrected chi connectivity index (χ2v) is 6.00. The smallest absolute Gasteiger partial charge is 0.251 e. The first-order valence-corrected chi connectivity index (χ1v) is 7.15. The van der Waals surface area contributed by atoms with Crippen LogP contribution in [0.15, 0.2) is 29.3 Å². The van der Waals surface area contributed by atoms with E-state index in [1.807, 2.05) is 31.2 Å². The summed E-state index contributed by atoms with van der Waals surface area (Å²) in [4.78, 5) is 16.1. The van der Waals surface area contributed by atoms with Crippen LogP contribution in [-0.2, 0) is 0 Å². The molecule has 0 aliphatic rings. The number of hydrogen-bond donors (Lipinski definition) is 3. The second kappa shape index (κ2) is 7.67. The Labute approximate surface area is 127 Å². The summed E-state index contributed by atoms with van der Waals surface area (Å²) in [6.07, 6.45) is 0. The molecule has 1 rings (SSSR count). The predicted octanol–water partition coefficient (Wildman–Crippen LogP) is 1.69. The number of rotatable bonds is 4. The first-order valence-electron chi connectivity index (χ1n) is 7.15. The molecule has 0 saturated heterocycles. The highest BCUT2D eigenvalue weighted by molar-refractivity contribution is 5.94. The van der Waals surface area contributed by atoms with Crippen molar-refractivity contribution in [1.29, 1.82) is 0 Å². The molecule has 1 amide bonds. The average molecular weight is 290 g/mol. The number of amides is 1. The lowest BCUT2D eigenvalue weighted by molar-refractivity contribution is 0.0954. The lowest BCUT2D eigenvalue weighted by Crippen LogP contribution is -2.49. The molecule has 0 aliphatic carbocycles. The Kier molecular flexibility index (Phi) is 6.21. The largest absolute Gasteiger partial charge is 0.355 e. The molecular formula is C16H26N4O. The molecule has 0 unspecified atom stereocenters. The number of hydrogen-bond acceptors (Lipinski definition) is 2. The van der Waals surface area contributed by atoms with Gasteiger partial charge in [-0.15, -0.1) is 0 Å². The fourth-order valence-corrected chi connectivity index (χ4v) is 1.78. The van der Waals surface area contributed by atoms with Gasteiger partial charge in [-0.3, -0.25) is 9.79 Å². The Morgan fingerprint density at radius 1 is 1.19 bits per heavy atom. The summed E-state index contributed by atoms with van der Waals surface area (Å²) in [5.74, 6) is 0.673. The van der Waals surface area contributed by atoms with Crippen molar-refractivity contribution in [2.75, 3.05) is 20.1 Å². The van der Waals surface area contributed by atoms with Crippen molar-refractivity contribution in [2.24, 2.45) is 4.99 Å². The molecule has 0 atom stereocenters. The second-order valence-electron chi connectivity index (χ2n) is 6.00. The van der Waals surface area contributed by atoms with E-state index in [9.17, 15) is 4.79 Å². The number of benzene rings is 1. The van der Waals surface area contributed by atoms with Crippen LogP contribution in [0, 0.1) is 6.92 Å². The van der Waals surface area contributed by atoms with Gasteiger partial charge in [0.1, 0.15) is 0 Å². The van der Waals surface area contributed by atoms with E-state index >= 15 is 0 Å². The molecule has 0 fully saturated rings. The minimum Gasteiger partial charge on any atom is -0.355 e. The molecular weight excluding hydrogens is 264 g/mol. The van der Waals surface area contributed by atoms with Crippen LogP contribution < -0.4 is 16.0 Å². The highest BCUT2D eigenvalue weighted by Crippen LogP contribution is 2.03. The van der Waals surface area contributed by atoms with E-state index in [2.05, 4.69) is 41.7 Å². The number of carbonyl (C=O) groups excluding carboxylic acids is 1. The maximum absolute atomic E-state index is 12.0. The lowest BCUT2D eigenvalue weighted by Gasteiger charge is -2.23. The minimum absolute atomic E-state index is 0.0490. The van der Waals surface area contributed by atoms with Crippen molar-refractivity contribution in [2.45, 2.75) is 33.2 Å². The lowest BCUT2D eigenvalue weighted by atomic mass is 10.1. The van der Waals surface area contributed by atoms with Crippen LogP contribution in [0.4, 0.5) is 0 Å². The topological polar surface area (TPSA) is 65.5 Å². The van der Waals surface area contributed by atoms with Crippen molar-refractivity contribution >= 4 is 11.9 Å². The van der Waals surface area contributed by atoms with Gasteiger partial charge in [0.2, 0.25) is 0 Å². The average Bonchev–Trinajstić information content (AvgIpc) is 2.40. The maximum atomic E-state index is 12.0. The van der Waals surface area contributed by atoms with Crippen LogP contribution >= 0.6 is 0 Å². The molecule has 21 heavy (non-hydrogen) atoms. The molecule has 116 valence electrons. The Balaban J connectivity index is 2.35. The molecule has 0 aromatic heterocycles. The van der Waals surface area contributed by atoms with Crippen LogP contribution in [-0.4, -0.2) is 37.5 Å². The van der Waals surface area contributed by atoms with Crippen molar-refractivity contribution in [3.63, 3.8) is 0 Å². The van der Waals surface area contributed by atoms with Gasteiger partial charge in [0.25, 0.3) is 5.91 Å². The summed E-state index contributed by atoms with van der Waals surface area (Å²) in [5, 5.41) is 9.31. The van der Waals surface area contributed by atoms with Gasteiger partial charge in [-0.25, -0.2) is 0 Å². The monoisotopic (exact) mass is 290 g/mol. The van der Waals surface area contributed by atoms with Gasteiger partial charge in [0.15, 0.2) is 5.96 Å². The molecule has 5 nitrogen and oxygen atoms in total. The fourth-order valence-electron chi connectivity index (χ4n) is 1.78. The van der Waals surface area contributed by atoms with Gasteiger partial charge >= 0.3 is 0 Å². The van der Waals surface area contributed by atoms with E-state index in [1.54, 1.807) is 7.05 Å².